The molecule has 0 bridgehead atoms. The van der Waals surface area contributed by atoms with E-state index in [2.05, 4.69) is 38.1 Å². The number of hydrogen-bond donors (Lipinski definition) is 1. The smallest absolute Gasteiger partial charge is 0.407 e. The van der Waals surface area contributed by atoms with Gasteiger partial charge in [0.2, 0.25) is 0 Å². The Morgan fingerprint density at radius 2 is 1.63 bits per heavy atom. The average molecular weight is 374 g/mol. The summed E-state index contributed by atoms with van der Waals surface area (Å²) in [5.74, 6) is 0.443. The van der Waals surface area contributed by atoms with E-state index in [1.165, 1.54) is 68.9 Å². The number of fused-ring (bicyclic) bond motifs is 1. The highest BCUT2D eigenvalue weighted by atomic mass is 16.4. The molecule has 1 amide bonds. The molecule has 0 saturated heterocycles. The van der Waals surface area contributed by atoms with Crippen molar-refractivity contribution in [1.29, 1.82) is 0 Å². The SMILES string of the molecule is CCCCCCCCCC(CCCC)C1c2ccccc2CCN1C(=O)O. The second kappa shape index (κ2) is 12.0. The Balaban J connectivity index is 2.04. The summed E-state index contributed by atoms with van der Waals surface area (Å²) < 4.78 is 0. The molecular weight excluding hydrogens is 334 g/mol. The summed E-state index contributed by atoms with van der Waals surface area (Å²) in [7, 11) is 0. The monoisotopic (exact) mass is 373 g/mol. The van der Waals surface area contributed by atoms with Crippen LogP contribution in [0.4, 0.5) is 4.79 Å². The van der Waals surface area contributed by atoms with Gasteiger partial charge in [-0.05, 0) is 36.3 Å². The lowest BCUT2D eigenvalue weighted by Gasteiger charge is -2.40. The minimum absolute atomic E-state index is 0.0408. The van der Waals surface area contributed by atoms with Gasteiger partial charge in [0.1, 0.15) is 0 Å². The first-order valence-corrected chi connectivity index (χ1v) is 11.3. The Bertz CT molecular complexity index is 557. The van der Waals surface area contributed by atoms with Crippen LogP contribution in [0.3, 0.4) is 0 Å². The third kappa shape index (κ3) is 6.55. The van der Waals surface area contributed by atoms with Gasteiger partial charge in [-0.3, -0.25) is 0 Å². The van der Waals surface area contributed by atoms with Crippen LogP contribution >= 0.6 is 0 Å². The Kier molecular flexibility index (Phi) is 9.72. The maximum Gasteiger partial charge on any atom is 0.407 e. The molecule has 27 heavy (non-hydrogen) atoms. The van der Waals surface area contributed by atoms with Crippen LogP contribution in [0, 0.1) is 5.92 Å². The molecular formula is C24H39NO2. The molecule has 2 rings (SSSR count). The zero-order valence-electron chi connectivity index (χ0n) is 17.5. The predicted octanol–water partition coefficient (Wildman–Crippen LogP) is 7.21. The fourth-order valence-corrected chi connectivity index (χ4v) is 4.61. The number of rotatable bonds is 12. The Morgan fingerprint density at radius 1 is 1.00 bits per heavy atom. The maximum atomic E-state index is 12.0. The van der Waals surface area contributed by atoms with E-state index in [1.54, 1.807) is 4.90 Å². The molecule has 3 nitrogen and oxygen atoms in total. The summed E-state index contributed by atoms with van der Waals surface area (Å²) in [6, 6.07) is 8.55. The highest BCUT2D eigenvalue weighted by Crippen LogP contribution is 2.40. The molecule has 2 atom stereocenters. The fourth-order valence-electron chi connectivity index (χ4n) is 4.61. The van der Waals surface area contributed by atoms with Gasteiger partial charge in [-0.2, -0.15) is 0 Å². The van der Waals surface area contributed by atoms with Crippen molar-refractivity contribution in [2.45, 2.75) is 96.9 Å². The highest BCUT2D eigenvalue weighted by Gasteiger charge is 2.35. The minimum Gasteiger partial charge on any atom is -0.465 e. The topological polar surface area (TPSA) is 40.5 Å². The van der Waals surface area contributed by atoms with E-state index in [4.69, 9.17) is 0 Å². The standard InChI is InChI=1S/C24H39NO2/c1-3-5-7-8-9-10-11-16-21(14-6-4-2)23-22-17-13-12-15-20(22)18-19-25(23)24(26)27/h12-13,15,17,21,23H,3-11,14,16,18-19H2,1-2H3,(H,26,27). The molecule has 0 spiro atoms. The molecule has 0 aromatic heterocycles. The van der Waals surface area contributed by atoms with Crippen LogP contribution in [0.1, 0.15) is 102 Å². The molecule has 0 fully saturated rings. The van der Waals surface area contributed by atoms with Gasteiger partial charge in [-0.15, -0.1) is 0 Å². The molecule has 0 radical (unpaired) electrons. The second-order valence-corrected chi connectivity index (χ2v) is 8.18. The summed E-state index contributed by atoms with van der Waals surface area (Å²) in [5, 5.41) is 9.83. The molecule has 3 heteroatoms. The normalized spacial score (nSPS) is 17.6. The first kappa shape index (κ1) is 21.8. The number of nitrogens with zero attached hydrogens (tertiary/aromatic N) is 1. The Morgan fingerprint density at radius 3 is 2.33 bits per heavy atom. The molecule has 1 aromatic rings. The highest BCUT2D eigenvalue weighted by molar-refractivity contribution is 5.66. The first-order chi connectivity index (χ1) is 13.2. The van der Waals surface area contributed by atoms with Gasteiger partial charge in [0, 0.05) is 6.54 Å². The van der Waals surface area contributed by atoms with E-state index >= 15 is 0 Å². The Hall–Kier alpha value is -1.51. The number of carboxylic acid groups (broad SMARTS) is 1. The zero-order chi connectivity index (χ0) is 19.5. The molecule has 1 N–H and O–H groups in total. The summed E-state index contributed by atoms with van der Waals surface area (Å²) in [6.07, 6.45) is 13.9. The zero-order valence-corrected chi connectivity index (χ0v) is 17.5. The van der Waals surface area contributed by atoms with Crippen molar-refractivity contribution in [2.75, 3.05) is 6.54 Å². The van der Waals surface area contributed by atoms with E-state index in [0.29, 0.717) is 12.5 Å². The molecule has 1 aliphatic rings. The second-order valence-electron chi connectivity index (χ2n) is 8.18. The minimum atomic E-state index is -0.754. The molecule has 2 unspecified atom stereocenters. The molecule has 0 aliphatic carbocycles. The largest absolute Gasteiger partial charge is 0.465 e. The van der Waals surface area contributed by atoms with Gasteiger partial charge in [-0.25, -0.2) is 4.79 Å². The third-order valence-corrected chi connectivity index (χ3v) is 6.13. The van der Waals surface area contributed by atoms with E-state index in [-0.39, 0.29) is 6.04 Å². The number of amides is 1. The molecule has 0 saturated carbocycles. The lowest BCUT2D eigenvalue weighted by atomic mass is 9.80. The lowest BCUT2D eigenvalue weighted by molar-refractivity contribution is 0.0918. The van der Waals surface area contributed by atoms with Gasteiger partial charge in [-0.1, -0.05) is 95.9 Å². The summed E-state index contributed by atoms with van der Waals surface area (Å²) in [4.78, 5) is 13.7. The van der Waals surface area contributed by atoms with Crippen LogP contribution < -0.4 is 0 Å². The van der Waals surface area contributed by atoms with Crippen molar-refractivity contribution in [2.24, 2.45) is 5.92 Å². The van der Waals surface area contributed by atoms with Gasteiger partial charge in [0.05, 0.1) is 6.04 Å². The van der Waals surface area contributed by atoms with E-state index in [9.17, 15) is 9.90 Å². The van der Waals surface area contributed by atoms with Crippen LogP contribution in [0.15, 0.2) is 24.3 Å². The van der Waals surface area contributed by atoms with Crippen molar-refractivity contribution in [3.8, 4) is 0 Å². The molecule has 1 aromatic carbocycles. The van der Waals surface area contributed by atoms with Crippen LogP contribution in [-0.2, 0) is 6.42 Å². The fraction of sp³-hybridized carbons (Fsp3) is 0.708. The number of hydrogen-bond acceptors (Lipinski definition) is 1. The Labute approximate surface area is 166 Å². The first-order valence-electron chi connectivity index (χ1n) is 11.3. The summed E-state index contributed by atoms with van der Waals surface area (Å²) >= 11 is 0. The van der Waals surface area contributed by atoms with Crippen molar-refractivity contribution < 1.29 is 9.90 Å². The van der Waals surface area contributed by atoms with Crippen molar-refractivity contribution in [3.63, 3.8) is 0 Å². The van der Waals surface area contributed by atoms with E-state index in [1.807, 2.05) is 0 Å². The predicted molar refractivity (Wildman–Crippen MR) is 113 cm³/mol. The van der Waals surface area contributed by atoms with Gasteiger partial charge >= 0.3 is 6.09 Å². The van der Waals surface area contributed by atoms with Crippen molar-refractivity contribution in [3.05, 3.63) is 35.4 Å². The third-order valence-electron chi connectivity index (χ3n) is 6.13. The van der Waals surface area contributed by atoms with Crippen LogP contribution in [0.2, 0.25) is 0 Å². The number of benzene rings is 1. The van der Waals surface area contributed by atoms with Crippen molar-refractivity contribution in [1.82, 2.24) is 4.90 Å². The maximum absolute atomic E-state index is 12.0. The van der Waals surface area contributed by atoms with Crippen LogP contribution in [0.5, 0.6) is 0 Å². The van der Waals surface area contributed by atoms with Crippen LogP contribution in [0.25, 0.3) is 0 Å². The number of unbranched alkanes of at least 4 members (excludes halogenated alkanes) is 7. The van der Waals surface area contributed by atoms with Gasteiger partial charge in [0.15, 0.2) is 0 Å². The van der Waals surface area contributed by atoms with E-state index in [0.717, 1.165) is 19.3 Å². The quantitative estimate of drug-likeness (QED) is 0.393. The molecule has 1 heterocycles. The lowest BCUT2D eigenvalue weighted by Crippen LogP contribution is -2.42. The van der Waals surface area contributed by atoms with Gasteiger partial charge < -0.3 is 10.0 Å². The van der Waals surface area contributed by atoms with Crippen LogP contribution in [-0.4, -0.2) is 22.6 Å². The summed E-state index contributed by atoms with van der Waals surface area (Å²) in [6.45, 7) is 5.12. The molecule has 152 valence electrons. The average Bonchev–Trinajstić information content (AvgIpc) is 2.68. The van der Waals surface area contributed by atoms with Gasteiger partial charge in [0.25, 0.3) is 0 Å². The van der Waals surface area contributed by atoms with E-state index < -0.39 is 6.09 Å². The number of carbonyl (C=O) groups is 1. The summed E-state index contributed by atoms with van der Waals surface area (Å²) in [5.41, 5.74) is 2.61. The van der Waals surface area contributed by atoms with Crippen molar-refractivity contribution >= 4 is 6.09 Å². The molecule has 1 aliphatic heterocycles.